The molecule has 6 nitrogen and oxygen atoms in total. The maximum Gasteiger partial charge on any atom is 0.265 e. The molecule has 1 unspecified atom stereocenters. The van der Waals surface area contributed by atoms with E-state index in [4.69, 9.17) is 9.73 Å². The van der Waals surface area contributed by atoms with Crippen LogP contribution in [0.25, 0.3) is 0 Å². The normalized spacial score (nSPS) is 20.9. The maximum atomic E-state index is 13.0. The van der Waals surface area contributed by atoms with Gasteiger partial charge in [0.05, 0.1) is 11.8 Å². The summed E-state index contributed by atoms with van der Waals surface area (Å²) in [5.74, 6) is 1.71. The van der Waals surface area contributed by atoms with E-state index in [2.05, 4.69) is 47.0 Å². The van der Waals surface area contributed by atoms with E-state index in [1.807, 2.05) is 13.0 Å². The summed E-state index contributed by atoms with van der Waals surface area (Å²) in [4.78, 5) is 22.3. The number of nitrogens with one attached hydrogen (secondary N) is 2. The van der Waals surface area contributed by atoms with Crippen molar-refractivity contribution in [3.8, 4) is 5.75 Å². The fourth-order valence-electron chi connectivity index (χ4n) is 5.06. The maximum absolute atomic E-state index is 13.0. The minimum Gasteiger partial charge on any atom is -0.488 e. The van der Waals surface area contributed by atoms with Crippen molar-refractivity contribution in [2.24, 2.45) is 15.9 Å². The second-order valence-electron chi connectivity index (χ2n) is 10.5. The Labute approximate surface area is 221 Å². The highest BCUT2D eigenvalue weighted by Gasteiger charge is 2.20. The van der Waals surface area contributed by atoms with E-state index in [-0.39, 0.29) is 12.0 Å². The standard InChI is InChI=1S/C31H40N4O2/c1-21-9-7-11-25(16-14-21)20-33-31(36)24(4)34-29-23(3)10-8-18-32-30(29)35-27-17-15-22(2)19-28(27)37-26-12-5-6-13-26/h8,15,17-19,25-26,35H,1,5-7,9,11-14,16,20H2,2-4H3,(H,33,36)/b34-24+. The molecule has 6 heteroatoms. The summed E-state index contributed by atoms with van der Waals surface area (Å²) < 4.78 is 6.37. The number of hydrogen-bond donors (Lipinski definition) is 2. The molecule has 1 heterocycles. The molecule has 1 aromatic carbocycles. The quantitative estimate of drug-likeness (QED) is 0.178. The lowest BCUT2D eigenvalue weighted by molar-refractivity contribution is -0.115. The molecule has 3 aliphatic rings. The lowest BCUT2D eigenvalue weighted by atomic mass is 10.0. The lowest BCUT2D eigenvalue weighted by Gasteiger charge is -2.19. The average Bonchev–Trinajstić information content (AvgIpc) is 3.22. The number of nitrogens with zero attached hydrogens (tertiary/aromatic N) is 2. The second kappa shape index (κ2) is 12.7. The SMILES string of the molecule is C=C1CCCC(CNC(=O)/C(C)=N/C2=C(Nc3ccc(C)cc3OC3CCCC3)N=CC=C=C2C)CC1. The Kier molecular flexibility index (Phi) is 9.19. The first-order valence-electron chi connectivity index (χ1n) is 13.6. The number of anilines is 1. The van der Waals surface area contributed by atoms with Gasteiger partial charge < -0.3 is 15.4 Å². The van der Waals surface area contributed by atoms with Crippen molar-refractivity contribution in [3.05, 3.63) is 64.8 Å². The summed E-state index contributed by atoms with van der Waals surface area (Å²) in [6.07, 6.45) is 13.8. The third kappa shape index (κ3) is 7.56. The molecule has 2 fully saturated rings. The molecule has 37 heavy (non-hydrogen) atoms. The molecule has 0 spiro atoms. The highest BCUT2D eigenvalue weighted by Crippen LogP contribution is 2.33. The Hall–Kier alpha value is -3.37. The Balaban J connectivity index is 1.53. The van der Waals surface area contributed by atoms with Crippen molar-refractivity contribution in [2.75, 3.05) is 11.9 Å². The number of carbonyl (C=O) groups is 1. The third-order valence-electron chi connectivity index (χ3n) is 7.35. The molecular weight excluding hydrogens is 460 g/mol. The molecule has 2 saturated carbocycles. The van der Waals surface area contributed by atoms with Crippen LogP contribution in [0.3, 0.4) is 0 Å². The molecule has 0 bridgehead atoms. The molecule has 196 valence electrons. The first kappa shape index (κ1) is 26.7. The van der Waals surface area contributed by atoms with Gasteiger partial charge in [-0.3, -0.25) is 4.79 Å². The van der Waals surface area contributed by atoms with Crippen LogP contribution in [0.1, 0.15) is 77.2 Å². The van der Waals surface area contributed by atoms with Crippen LogP contribution in [0.2, 0.25) is 0 Å². The van der Waals surface area contributed by atoms with Crippen LogP contribution in [-0.2, 0) is 4.79 Å². The van der Waals surface area contributed by atoms with E-state index < -0.39 is 0 Å². The number of aliphatic imine (C=N–C) groups is 2. The van der Waals surface area contributed by atoms with Crippen molar-refractivity contribution < 1.29 is 9.53 Å². The van der Waals surface area contributed by atoms with Crippen molar-refractivity contribution in [1.29, 1.82) is 0 Å². The Morgan fingerprint density at radius 1 is 1.16 bits per heavy atom. The largest absolute Gasteiger partial charge is 0.488 e. The van der Waals surface area contributed by atoms with Gasteiger partial charge in [0.1, 0.15) is 17.2 Å². The van der Waals surface area contributed by atoms with Crippen LogP contribution in [-0.4, -0.2) is 30.5 Å². The predicted molar refractivity (Wildman–Crippen MR) is 152 cm³/mol. The van der Waals surface area contributed by atoms with Gasteiger partial charge in [-0.2, -0.15) is 0 Å². The highest BCUT2D eigenvalue weighted by atomic mass is 16.5. The van der Waals surface area contributed by atoms with Crippen LogP contribution >= 0.6 is 0 Å². The molecule has 2 N–H and O–H groups in total. The van der Waals surface area contributed by atoms with Gasteiger partial charge in [0.2, 0.25) is 0 Å². The number of allylic oxidation sites excluding steroid dienone is 2. The fourth-order valence-corrected chi connectivity index (χ4v) is 5.06. The van der Waals surface area contributed by atoms with Gasteiger partial charge in [0.15, 0.2) is 5.82 Å². The summed E-state index contributed by atoms with van der Waals surface area (Å²) in [5, 5.41) is 6.54. The molecule has 0 saturated heterocycles. The lowest BCUT2D eigenvalue weighted by Crippen LogP contribution is -2.33. The molecule has 0 aromatic heterocycles. The fraction of sp³-hybridized carbons (Fsp3) is 0.484. The van der Waals surface area contributed by atoms with Crippen LogP contribution in [0.4, 0.5) is 5.69 Å². The van der Waals surface area contributed by atoms with Gasteiger partial charge in [0, 0.05) is 18.3 Å². The number of ether oxygens (including phenoxy) is 1. The Morgan fingerprint density at radius 3 is 2.78 bits per heavy atom. The first-order valence-corrected chi connectivity index (χ1v) is 13.6. The average molecular weight is 501 g/mol. The zero-order valence-electron chi connectivity index (χ0n) is 22.5. The van der Waals surface area contributed by atoms with Gasteiger partial charge in [-0.15, -0.1) is 5.73 Å². The van der Waals surface area contributed by atoms with E-state index in [1.54, 1.807) is 19.2 Å². The summed E-state index contributed by atoms with van der Waals surface area (Å²) in [7, 11) is 0. The smallest absolute Gasteiger partial charge is 0.265 e. The van der Waals surface area contributed by atoms with Crippen molar-refractivity contribution in [2.45, 2.75) is 84.7 Å². The number of rotatable bonds is 8. The molecule has 1 aromatic rings. The zero-order chi connectivity index (χ0) is 26.2. The highest BCUT2D eigenvalue weighted by molar-refractivity contribution is 6.38. The number of aryl methyl sites for hydroxylation is 1. The molecular formula is C31H40N4O2. The van der Waals surface area contributed by atoms with Gasteiger partial charge in [-0.05, 0) is 108 Å². The zero-order valence-corrected chi connectivity index (χ0v) is 22.5. The molecule has 1 amide bonds. The molecule has 1 aliphatic heterocycles. The van der Waals surface area contributed by atoms with E-state index >= 15 is 0 Å². The monoisotopic (exact) mass is 500 g/mol. The summed E-state index contributed by atoms with van der Waals surface area (Å²) in [6, 6.07) is 6.13. The van der Waals surface area contributed by atoms with Crippen LogP contribution < -0.4 is 15.4 Å². The van der Waals surface area contributed by atoms with Gasteiger partial charge in [-0.25, -0.2) is 9.98 Å². The molecule has 4 rings (SSSR count). The predicted octanol–water partition coefficient (Wildman–Crippen LogP) is 6.80. The topological polar surface area (TPSA) is 75.1 Å². The van der Waals surface area contributed by atoms with E-state index in [0.717, 1.165) is 67.5 Å². The summed E-state index contributed by atoms with van der Waals surface area (Å²) in [6.45, 7) is 10.5. The van der Waals surface area contributed by atoms with Crippen molar-refractivity contribution in [1.82, 2.24) is 5.32 Å². The van der Waals surface area contributed by atoms with Crippen LogP contribution in [0, 0.1) is 12.8 Å². The van der Waals surface area contributed by atoms with Gasteiger partial charge in [-0.1, -0.05) is 18.2 Å². The van der Waals surface area contributed by atoms with Crippen molar-refractivity contribution >= 4 is 23.5 Å². The summed E-state index contributed by atoms with van der Waals surface area (Å²) >= 11 is 0. The number of amides is 1. The Morgan fingerprint density at radius 2 is 1.97 bits per heavy atom. The number of carbonyl (C=O) groups excluding carboxylic acids is 1. The molecule has 2 aliphatic carbocycles. The molecule has 1 atom stereocenters. The summed E-state index contributed by atoms with van der Waals surface area (Å²) in [5.41, 5.74) is 8.30. The van der Waals surface area contributed by atoms with Crippen LogP contribution in [0.5, 0.6) is 5.75 Å². The third-order valence-corrected chi connectivity index (χ3v) is 7.35. The molecule has 0 radical (unpaired) electrons. The minimum atomic E-state index is -0.152. The Bertz CT molecular complexity index is 1180. The van der Waals surface area contributed by atoms with Crippen molar-refractivity contribution in [3.63, 3.8) is 0 Å². The minimum absolute atomic E-state index is 0.152. The van der Waals surface area contributed by atoms with E-state index in [9.17, 15) is 4.79 Å². The van der Waals surface area contributed by atoms with E-state index in [1.165, 1.54) is 18.4 Å². The number of benzene rings is 1. The second-order valence-corrected chi connectivity index (χ2v) is 10.5. The van der Waals surface area contributed by atoms with Gasteiger partial charge >= 0.3 is 0 Å². The van der Waals surface area contributed by atoms with E-state index in [0.29, 0.717) is 29.7 Å². The van der Waals surface area contributed by atoms with Crippen LogP contribution in [0.15, 0.2) is 69.2 Å². The number of hydrogen-bond acceptors (Lipinski definition) is 5. The van der Waals surface area contributed by atoms with Gasteiger partial charge in [0.25, 0.3) is 5.91 Å². The first-order chi connectivity index (χ1) is 17.9.